The first-order valence-electron chi connectivity index (χ1n) is 7.84. The van der Waals surface area contributed by atoms with Crippen LogP contribution in [0, 0.1) is 0 Å². The normalized spacial score (nSPS) is 11.2. The zero-order valence-electron chi connectivity index (χ0n) is 13.9. The van der Waals surface area contributed by atoms with Gasteiger partial charge in [0.1, 0.15) is 0 Å². The summed E-state index contributed by atoms with van der Waals surface area (Å²) in [7, 11) is 0. The molecule has 1 aromatic carbocycles. The highest BCUT2D eigenvalue weighted by Gasteiger charge is 2.14. The van der Waals surface area contributed by atoms with Gasteiger partial charge < -0.3 is 4.57 Å². The lowest BCUT2D eigenvalue weighted by Gasteiger charge is -2.07. The van der Waals surface area contributed by atoms with Gasteiger partial charge in [-0.25, -0.2) is 5.43 Å². The highest BCUT2D eigenvalue weighted by atomic mass is 35.5. The number of thioether (sulfide) groups is 1. The number of carbonyl (C=O) groups is 1. The van der Waals surface area contributed by atoms with Gasteiger partial charge in [-0.15, -0.1) is 21.5 Å². The standard InChI is InChI=1S/C17H16ClN5OS2/c1-2-23-16(12-5-7-13(18)8-6-12)21-22-17(23)26-11-15(24)20-19-10-14-4-3-9-25-14/h3-10H,2,11H2,1H3,(H,20,24). The van der Waals surface area contributed by atoms with Crippen molar-refractivity contribution in [2.45, 2.75) is 18.6 Å². The Balaban J connectivity index is 1.61. The van der Waals surface area contributed by atoms with Gasteiger partial charge >= 0.3 is 0 Å². The summed E-state index contributed by atoms with van der Waals surface area (Å²) in [5.74, 6) is 0.768. The van der Waals surface area contributed by atoms with E-state index in [-0.39, 0.29) is 11.7 Å². The Kier molecular flexibility index (Phi) is 6.43. The monoisotopic (exact) mass is 405 g/mol. The molecule has 2 heterocycles. The molecule has 0 unspecified atom stereocenters. The van der Waals surface area contributed by atoms with Gasteiger partial charge in [-0.05, 0) is 42.6 Å². The number of hydrogen-bond donors (Lipinski definition) is 1. The van der Waals surface area contributed by atoms with Crippen LogP contribution >= 0.6 is 34.7 Å². The molecule has 0 radical (unpaired) electrons. The molecule has 0 atom stereocenters. The fraction of sp³-hybridized carbons (Fsp3) is 0.176. The molecular weight excluding hydrogens is 390 g/mol. The molecule has 0 saturated carbocycles. The molecule has 0 aliphatic rings. The van der Waals surface area contributed by atoms with Crippen LogP contribution in [0.5, 0.6) is 0 Å². The van der Waals surface area contributed by atoms with Crippen molar-refractivity contribution in [1.29, 1.82) is 0 Å². The Morgan fingerprint density at radius 1 is 1.35 bits per heavy atom. The van der Waals surface area contributed by atoms with E-state index in [4.69, 9.17) is 11.6 Å². The molecule has 0 saturated heterocycles. The van der Waals surface area contributed by atoms with E-state index in [0.717, 1.165) is 16.3 Å². The lowest BCUT2D eigenvalue weighted by Crippen LogP contribution is -2.19. The number of amides is 1. The molecule has 6 nitrogen and oxygen atoms in total. The van der Waals surface area contributed by atoms with Crippen LogP contribution in [-0.2, 0) is 11.3 Å². The highest BCUT2D eigenvalue weighted by molar-refractivity contribution is 7.99. The van der Waals surface area contributed by atoms with Crippen molar-refractivity contribution in [1.82, 2.24) is 20.2 Å². The van der Waals surface area contributed by atoms with Crippen molar-refractivity contribution in [3.8, 4) is 11.4 Å². The summed E-state index contributed by atoms with van der Waals surface area (Å²) in [6.07, 6.45) is 1.63. The largest absolute Gasteiger partial charge is 0.302 e. The first-order valence-corrected chi connectivity index (χ1v) is 10.1. The van der Waals surface area contributed by atoms with E-state index >= 15 is 0 Å². The zero-order chi connectivity index (χ0) is 18.4. The van der Waals surface area contributed by atoms with Crippen LogP contribution in [0.15, 0.2) is 52.0 Å². The van der Waals surface area contributed by atoms with Crippen LogP contribution < -0.4 is 5.43 Å². The molecule has 0 aliphatic heterocycles. The first-order chi connectivity index (χ1) is 12.7. The van der Waals surface area contributed by atoms with Crippen LogP contribution in [0.2, 0.25) is 5.02 Å². The maximum Gasteiger partial charge on any atom is 0.250 e. The van der Waals surface area contributed by atoms with Crippen molar-refractivity contribution in [2.24, 2.45) is 5.10 Å². The van der Waals surface area contributed by atoms with Crippen LogP contribution in [0.1, 0.15) is 11.8 Å². The van der Waals surface area contributed by atoms with E-state index in [2.05, 4.69) is 20.7 Å². The third kappa shape index (κ3) is 4.72. The molecule has 3 rings (SSSR count). The molecule has 134 valence electrons. The van der Waals surface area contributed by atoms with Gasteiger partial charge in [0.15, 0.2) is 11.0 Å². The van der Waals surface area contributed by atoms with Gasteiger partial charge in [-0.1, -0.05) is 29.4 Å². The van der Waals surface area contributed by atoms with Gasteiger partial charge in [0.25, 0.3) is 5.91 Å². The van der Waals surface area contributed by atoms with Crippen LogP contribution in [0.25, 0.3) is 11.4 Å². The number of nitrogens with one attached hydrogen (secondary N) is 1. The Labute approximate surface area is 164 Å². The van der Waals surface area contributed by atoms with Crippen molar-refractivity contribution in [2.75, 3.05) is 5.75 Å². The number of rotatable bonds is 7. The number of aromatic nitrogens is 3. The third-order valence-corrected chi connectivity index (χ3v) is 5.42. The van der Waals surface area contributed by atoms with Gasteiger partial charge in [0, 0.05) is 22.0 Å². The molecule has 9 heteroatoms. The predicted octanol–water partition coefficient (Wildman–Crippen LogP) is 3.92. The van der Waals surface area contributed by atoms with Gasteiger partial charge in [0.2, 0.25) is 0 Å². The lowest BCUT2D eigenvalue weighted by atomic mass is 10.2. The summed E-state index contributed by atoms with van der Waals surface area (Å²) in [5.41, 5.74) is 3.45. The summed E-state index contributed by atoms with van der Waals surface area (Å²) in [6.45, 7) is 2.71. The molecule has 0 fully saturated rings. The van der Waals surface area contributed by atoms with E-state index in [0.29, 0.717) is 16.7 Å². The maximum atomic E-state index is 11.9. The molecule has 0 aliphatic carbocycles. The minimum absolute atomic E-state index is 0.193. The number of benzene rings is 1. The molecule has 3 aromatic rings. The predicted molar refractivity (Wildman–Crippen MR) is 107 cm³/mol. The van der Waals surface area contributed by atoms with Crippen molar-refractivity contribution < 1.29 is 4.79 Å². The third-order valence-electron chi connectivity index (χ3n) is 3.39. The zero-order valence-corrected chi connectivity index (χ0v) is 16.3. The number of nitrogens with zero attached hydrogens (tertiary/aromatic N) is 4. The first kappa shape index (κ1) is 18.6. The number of halogens is 1. The Bertz CT molecular complexity index is 891. The maximum absolute atomic E-state index is 11.9. The number of thiophene rings is 1. The number of carbonyl (C=O) groups excluding carboxylic acids is 1. The minimum Gasteiger partial charge on any atom is -0.302 e. The van der Waals surface area contributed by atoms with Crippen LogP contribution in [0.3, 0.4) is 0 Å². The number of hydrazone groups is 1. The molecule has 1 N–H and O–H groups in total. The summed E-state index contributed by atoms with van der Waals surface area (Å²) in [4.78, 5) is 12.9. The average Bonchev–Trinajstić information content (AvgIpc) is 3.30. The Morgan fingerprint density at radius 2 is 2.15 bits per heavy atom. The molecule has 0 bridgehead atoms. The van der Waals surface area contributed by atoms with Gasteiger partial charge in [0.05, 0.1) is 12.0 Å². The van der Waals surface area contributed by atoms with Gasteiger partial charge in [-0.3, -0.25) is 4.79 Å². The Hall–Kier alpha value is -2.16. The van der Waals surface area contributed by atoms with E-state index < -0.39 is 0 Å². The quantitative estimate of drug-likeness (QED) is 0.367. The molecule has 1 amide bonds. The average molecular weight is 406 g/mol. The molecule has 2 aromatic heterocycles. The second-order valence-electron chi connectivity index (χ2n) is 5.15. The van der Waals surface area contributed by atoms with E-state index in [1.165, 1.54) is 11.8 Å². The molecular formula is C17H16ClN5OS2. The topological polar surface area (TPSA) is 72.2 Å². The SMILES string of the molecule is CCn1c(SCC(=O)NN=Cc2cccs2)nnc1-c1ccc(Cl)cc1. The van der Waals surface area contributed by atoms with E-state index in [1.54, 1.807) is 17.6 Å². The van der Waals surface area contributed by atoms with E-state index in [9.17, 15) is 4.79 Å². The summed E-state index contributed by atoms with van der Waals surface area (Å²) in [6, 6.07) is 11.3. The highest BCUT2D eigenvalue weighted by Crippen LogP contribution is 2.24. The Morgan fingerprint density at radius 3 is 2.85 bits per heavy atom. The van der Waals surface area contributed by atoms with Crippen LogP contribution in [-0.4, -0.2) is 32.6 Å². The van der Waals surface area contributed by atoms with Crippen molar-refractivity contribution in [3.63, 3.8) is 0 Å². The fourth-order valence-electron chi connectivity index (χ4n) is 2.19. The minimum atomic E-state index is -0.193. The second kappa shape index (κ2) is 8.98. The van der Waals surface area contributed by atoms with E-state index in [1.807, 2.05) is 53.3 Å². The lowest BCUT2D eigenvalue weighted by molar-refractivity contribution is -0.118. The number of hydrogen-bond acceptors (Lipinski definition) is 6. The smallest absolute Gasteiger partial charge is 0.250 e. The van der Waals surface area contributed by atoms with Crippen molar-refractivity contribution >= 4 is 46.8 Å². The fourth-order valence-corrected chi connectivity index (χ4v) is 3.69. The summed E-state index contributed by atoms with van der Waals surface area (Å²) in [5, 5.41) is 15.7. The van der Waals surface area contributed by atoms with Crippen molar-refractivity contribution in [3.05, 3.63) is 51.7 Å². The summed E-state index contributed by atoms with van der Waals surface area (Å²) < 4.78 is 1.97. The summed E-state index contributed by atoms with van der Waals surface area (Å²) >= 11 is 8.82. The molecule has 26 heavy (non-hydrogen) atoms. The van der Waals surface area contributed by atoms with Gasteiger partial charge in [-0.2, -0.15) is 5.10 Å². The second-order valence-corrected chi connectivity index (χ2v) is 7.51. The van der Waals surface area contributed by atoms with Crippen LogP contribution in [0.4, 0.5) is 0 Å². The molecule has 0 spiro atoms.